The number of amides is 1. The quantitative estimate of drug-likeness (QED) is 0.659. The second-order valence-electron chi connectivity index (χ2n) is 7.96. The van der Waals surface area contributed by atoms with Gasteiger partial charge < -0.3 is 19.9 Å². The molecule has 1 saturated heterocycles. The van der Waals surface area contributed by atoms with Crippen LogP contribution >= 0.6 is 0 Å². The maximum absolute atomic E-state index is 12.7. The van der Waals surface area contributed by atoms with Crippen molar-refractivity contribution in [3.8, 4) is 5.75 Å². The van der Waals surface area contributed by atoms with Crippen LogP contribution in [0.3, 0.4) is 0 Å². The van der Waals surface area contributed by atoms with Crippen molar-refractivity contribution in [3.05, 3.63) is 83.6 Å². The number of likely N-dealkylation sites (N-methyl/N-ethyl adjacent to an activating group) is 1. The number of nitrogens with zero attached hydrogens (tertiary/aromatic N) is 3. The summed E-state index contributed by atoms with van der Waals surface area (Å²) in [7, 11) is 2.13. The topological polar surface area (TPSA) is 57.7 Å². The van der Waals surface area contributed by atoms with Gasteiger partial charge in [-0.25, -0.2) is 4.98 Å². The van der Waals surface area contributed by atoms with E-state index >= 15 is 0 Å². The van der Waals surface area contributed by atoms with Gasteiger partial charge in [0.2, 0.25) is 0 Å². The molecule has 1 amide bonds. The summed E-state index contributed by atoms with van der Waals surface area (Å²) >= 11 is 0. The van der Waals surface area contributed by atoms with Crippen LogP contribution in [0.2, 0.25) is 0 Å². The first-order valence-electron chi connectivity index (χ1n) is 10.6. The molecule has 2 aromatic carbocycles. The maximum Gasteiger partial charge on any atom is 0.255 e. The summed E-state index contributed by atoms with van der Waals surface area (Å²) in [5, 5.41) is 2.92. The van der Waals surface area contributed by atoms with Crippen LogP contribution in [-0.2, 0) is 6.61 Å². The molecule has 1 fully saturated rings. The van der Waals surface area contributed by atoms with Crippen molar-refractivity contribution in [3.63, 3.8) is 0 Å². The number of piperazine rings is 1. The van der Waals surface area contributed by atoms with Gasteiger partial charge in [-0.3, -0.25) is 4.79 Å². The first-order valence-corrected chi connectivity index (χ1v) is 10.6. The van der Waals surface area contributed by atoms with Gasteiger partial charge >= 0.3 is 0 Å². The van der Waals surface area contributed by atoms with Gasteiger partial charge in [-0.1, -0.05) is 35.9 Å². The van der Waals surface area contributed by atoms with E-state index in [9.17, 15) is 4.79 Å². The molecule has 1 aromatic heterocycles. The molecule has 0 bridgehead atoms. The van der Waals surface area contributed by atoms with Gasteiger partial charge in [0.25, 0.3) is 5.91 Å². The van der Waals surface area contributed by atoms with Crippen LogP contribution in [0.4, 0.5) is 11.5 Å². The van der Waals surface area contributed by atoms with Gasteiger partial charge in [-0.15, -0.1) is 0 Å². The lowest BCUT2D eigenvalue weighted by atomic mass is 10.1. The van der Waals surface area contributed by atoms with Crippen LogP contribution in [0.5, 0.6) is 5.75 Å². The van der Waals surface area contributed by atoms with Gasteiger partial charge in [-0.05, 0) is 49.9 Å². The molecule has 1 aliphatic rings. The summed E-state index contributed by atoms with van der Waals surface area (Å²) in [6.07, 6.45) is 1.71. The molecule has 1 aliphatic heterocycles. The maximum atomic E-state index is 12.7. The van der Waals surface area contributed by atoms with E-state index in [-0.39, 0.29) is 5.91 Å². The Kier molecular flexibility index (Phi) is 6.48. The molecule has 6 heteroatoms. The van der Waals surface area contributed by atoms with Crippen molar-refractivity contribution in [1.82, 2.24) is 9.88 Å². The number of rotatable bonds is 6. The summed E-state index contributed by atoms with van der Waals surface area (Å²) in [5.41, 5.74) is 3.52. The van der Waals surface area contributed by atoms with Crippen molar-refractivity contribution in [2.45, 2.75) is 13.5 Å². The normalized spacial score (nSPS) is 14.3. The van der Waals surface area contributed by atoms with Crippen LogP contribution in [0.15, 0.2) is 66.9 Å². The number of hydrogen-bond donors (Lipinski definition) is 1. The second-order valence-corrected chi connectivity index (χ2v) is 7.96. The zero-order valence-electron chi connectivity index (χ0n) is 18.0. The number of hydrogen-bond acceptors (Lipinski definition) is 5. The Bertz CT molecular complexity index is 1030. The van der Waals surface area contributed by atoms with E-state index < -0.39 is 0 Å². The smallest absolute Gasteiger partial charge is 0.255 e. The van der Waals surface area contributed by atoms with E-state index in [1.165, 1.54) is 5.56 Å². The average molecular weight is 417 g/mol. The number of aromatic nitrogens is 1. The monoisotopic (exact) mass is 416 g/mol. The fraction of sp³-hybridized carbons (Fsp3) is 0.280. The zero-order chi connectivity index (χ0) is 21.6. The van der Waals surface area contributed by atoms with Crippen molar-refractivity contribution < 1.29 is 9.53 Å². The number of carbonyl (C=O) groups is 1. The highest BCUT2D eigenvalue weighted by Crippen LogP contribution is 2.19. The van der Waals surface area contributed by atoms with Crippen LogP contribution in [0, 0.1) is 6.92 Å². The largest absolute Gasteiger partial charge is 0.489 e. The van der Waals surface area contributed by atoms with E-state index in [1.807, 2.05) is 36.4 Å². The predicted molar refractivity (Wildman–Crippen MR) is 124 cm³/mol. The van der Waals surface area contributed by atoms with Crippen molar-refractivity contribution in [1.29, 1.82) is 0 Å². The third kappa shape index (κ3) is 5.61. The highest BCUT2D eigenvalue weighted by atomic mass is 16.5. The third-order valence-electron chi connectivity index (χ3n) is 5.42. The molecule has 4 rings (SSSR count). The third-order valence-corrected chi connectivity index (χ3v) is 5.42. The molecule has 0 unspecified atom stereocenters. The molecule has 6 nitrogen and oxygen atoms in total. The van der Waals surface area contributed by atoms with Crippen LogP contribution in [0.1, 0.15) is 21.5 Å². The summed E-state index contributed by atoms with van der Waals surface area (Å²) < 4.78 is 5.88. The molecule has 0 aliphatic carbocycles. The van der Waals surface area contributed by atoms with Crippen LogP contribution in [0.25, 0.3) is 0 Å². The molecule has 31 heavy (non-hydrogen) atoms. The van der Waals surface area contributed by atoms with Crippen molar-refractivity contribution >= 4 is 17.4 Å². The first-order chi connectivity index (χ1) is 15.1. The van der Waals surface area contributed by atoms with Gasteiger partial charge in [0.1, 0.15) is 18.2 Å². The van der Waals surface area contributed by atoms with Gasteiger partial charge in [0, 0.05) is 31.7 Å². The summed E-state index contributed by atoms with van der Waals surface area (Å²) in [4.78, 5) is 21.8. The Hall–Kier alpha value is -3.38. The van der Waals surface area contributed by atoms with E-state index in [0.717, 1.165) is 37.6 Å². The fourth-order valence-electron chi connectivity index (χ4n) is 3.58. The minimum atomic E-state index is -0.185. The van der Waals surface area contributed by atoms with Crippen LogP contribution < -0.4 is 15.0 Å². The lowest BCUT2D eigenvalue weighted by molar-refractivity contribution is 0.102. The minimum absolute atomic E-state index is 0.185. The second kappa shape index (κ2) is 9.62. The fourth-order valence-corrected chi connectivity index (χ4v) is 3.58. The molecule has 0 spiro atoms. The minimum Gasteiger partial charge on any atom is -0.489 e. The van der Waals surface area contributed by atoms with Gasteiger partial charge in [0.05, 0.1) is 11.9 Å². The lowest BCUT2D eigenvalue weighted by Gasteiger charge is -2.33. The SMILES string of the molecule is Cc1cccc(COc2cccc(C(=O)Nc3ccc(N4CCN(C)CC4)nc3)c2)c1. The summed E-state index contributed by atoms with van der Waals surface area (Å²) in [5.74, 6) is 1.42. The van der Waals surface area contributed by atoms with Crippen molar-refractivity contribution in [2.24, 2.45) is 0 Å². The van der Waals surface area contributed by atoms with Gasteiger partial charge in [-0.2, -0.15) is 0 Å². The molecule has 0 atom stereocenters. The summed E-state index contributed by atoms with van der Waals surface area (Å²) in [6.45, 7) is 6.51. The molecular weight excluding hydrogens is 388 g/mol. The molecule has 0 radical (unpaired) electrons. The number of ether oxygens (including phenoxy) is 1. The number of anilines is 2. The number of pyridine rings is 1. The Morgan fingerprint density at radius 1 is 1.03 bits per heavy atom. The molecule has 0 saturated carbocycles. The number of nitrogens with one attached hydrogen (secondary N) is 1. The van der Waals surface area contributed by atoms with E-state index in [2.05, 4.69) is 46.2 Å². The Labute approximate surface area is 183 Å². The van der Waals surface area contributed by atoms with Crippen LogP contribution in [-0.4, -0.2) is 49.0 Å². The van der Waals surface area contributed by atoms with E-state index in [0.29, 0.717) is 23.6 Å². The first kappa shape index (κ1) is 20.9. The molecule has 160 valence electrons. The Balaban J connectivity index is 1.35. The highest BCUT2D eigenvalue weighted by molar-refractivity contribution is 6.04. The zero-order valence-corrected chi connectivity index (χ0v) is 18.0. The lowest BCUT2D eigenvalue weighted by Crippen LogP contribution is -2.44. The molecule has 1 N–H and O–H groups in total. The van der Waals surface area contributed by atoms with E-state index in [4.69, 9.17) is 4.74 Å². The Morgan fingerprint density at radius 2 is 1.84 bits per heavy atom. The number of aryl methyl sites for hydroxylation is 1. The molecule has 2 heterocycles. The number of carbonyl (C=O) groups excluding carboxylic acids is 1. The van der Waals surface area contributed by atoms with Crippen molar-refractivity contribution in [2.75, 3.05) is 43.4 Å². The molecule has 3 aromatic rings. The average Bonchev–Trinajstić information content (AvgIpc) is 2.79. The Morgan fingerprint density at radius 3 is 2.58 bits per heavy atom. The number of benzene rings is 2. The van der Waals surface area contributed by atoms with E-state index in [1.54, 1.807) is 18.3 Å². The standard InChI is InChI=1S/C25H28N4O2/c1-19-5-3-6-20(15-19)18-31-23-8-4-7-21(16-23)25(30)27-22-9-10-24(26-17-22)29-13-11-28(2)12-14-29/h3-10,15-17H,11-14,18H2,1-2H3,(H,27,30). The molecular formula is C25H28N4O2. The summed E-state index contributed by atoms with van der Waals surface area (Å²) in [6, 6.07) is 19.3. The van der Waals surface area contributed by atoms with Gasteiger partial charge in [0.15, 0.2) is 0 Å². The highest BCUT2D eigenvalue weighted by Gasteiger charge is 2.15. The predicted octanol–water partition coefficient (Wildman–Crippen LogP) is 3.97.